The van der Waals surface area contributed by atoms with Crippen LogP contribution in [0.3, 0.4) is 0 Å². The number of rotatable bonds is 7. The third kappa shape index (κ3) is 5.86. The normalized spacial score (nSPS) is 18.9. The van der Waals surface area contributed by atoms with Crippen LogP contribution < -0.4 is 5.32 Å². The second-order valence-electron chi connectivity index (χ2n) is 10.0. The molecule has 1 aliphatic carbocycles. The quantitative estimate of drug-likeness (QED) is 0.314. The Morgan fingerprint density at radius 1 is 0.939 bits per heavy atom. The predicted molar refractivity (Wildman–Crippen MR) is 128 cm³/mol. The minimum Gasteiger partial charge on any atom is -0.322 e. The summed E-state index contributed by atoms with van der Waals surface area (Å²) in [5.41, 5.74) is 0.162. The van der Waals surface area contributed by atoms with Gasteiger partial charge in [-0.15, -0.1) is 0 Å². The topological polar surface area (TPSA) is 29.1 Å². The van der Waals surface area contributed by atoms with Crippen molar-refractivity contribution in [2.75, 3.05) is 5.32 Å². The molecule has 2 aromatic rings. The van der Waals surface area contributed by atoms with Gasteiger partial charge in [0.1, 0.15) is 28.8 Å². The largest absolute Gasteiger partial charge is 0.322 e. The first kappa shape index (κ1) is 25.5. The fourth-order valence-corrected chi connectivity index (χ4v) is 8.57. The van der Waals surface area contributed by atoms with E-state index in [1.807, 2.05) is 0 Å². The van der Waals surface area contributed by atoms with Crippen molar-refractivity contribution in [2.24, 2.45) is 0 Å². The molecule has 0 aliphatic heterocycles. The van der Waals surface area contributed by atoms with Crippen LogP contribution in [0.5, 0.6) is 0 Å². The molecule has 0 saturated heterocycles. The van der Waals surface area contributed by atoms with Crippen molar-refractivity contribution in [2.45, 2.75) is 83.0 Å². The van der Waals surface area contributed by atoms with Crippen LogP contribution >= 0.6 is 0 Å². The molecule has 33 heavy (non-hydrogen) atoms. The molecule has 1 amide bonds. The van der Waals surface area contributed by atoms with E-state index in [-0.39, 0.29) is 17.2 Å². The summed E-state index contributed by atoms with van der Waals surface area (Å²) in [5, 5.41) is 2.19. The van der Waals surface area contributed by atoms with E-state index < -0.39 is 42.8 Å². The van der Waals surface area contributed by atoms with E-state index in [0.717, 1.165) is 43.4 Å². The van der Waals surface area contributed by atoms with Gasteiger partial charge in [0.15, 0.2) is 0 Å². The zero-order valence-corrected chi connectivity index (χ0v) is 20.8. The van der Waals surface area contributed by atoms with Crippen molar-refractivity contribution in [1.82, 2.24) is 0 Å². The Morgan fingerprint density at radius 2 is 1.48 bits per heavy atom. The number of nitrogens with one attached hydrogen (secondary N) is 1. The molecule has 180 valence electrons. The van der Waals surface area contributed by atoms with Gasteiger partial charge >= 0.3 is 0 Å². The highest BCUT2D eigenvalue weighted by Crippen LogP contribution is 2.45. The van der Waals surface area contributed by atoms with Crippen molar-refractivity contribution < 1.29 is 22.4 Å². The Kier molecular flexibility index (Phi) is 8.03. The third-order valence-electron chi connectivity index (χ3n) is 7.31. The smallest absolute Gasteiger partial charge is 0.261 e. The lowest BCUT2D eigenvalue weighted by atomic mass is 9.83. The fraction of sp³-hybridized carbons (Fsp3) is 0.500. The average Bonchev–Trinajstić information content (AvgIpc) is 2.75. The van der Waals surface area contributed by atoms with E-state index in [2.05, 4.69) is 25.3 Å². The van der Waals surface area contributed by atoms with E-state index in [1.54, 1.807) is 0 Å². The molecule has 0 heterocycles. The number of anilines is 1. The third-order valence-corrected chi connectivity index (χ3v) is 11.7. The van der Waals surface area contributed by atoms with Crippen LogP contribution in [-0.2, 0) is 0 Å². The maximum atomic E-state index is 14.8. The summed E-state index contributed by atoms with van der Waals surface area (Å²) in [6.07, 6.45) is 6.39. The highest BCUT2D eigenvalue weighted by Gasteiger charge is 2.35. The van der Waals surface area contributed by atoms with Crippen LogP contribution in [0.4, 0.5) is 23.2 Å². The van der Waals surface area contributed by atoms with Gasteiger partial charge in [0.2, 0.25) is 0 Å². The maximum Gasteiger partial charge on any atom is 0.261 e. The number of unbranched alkanes of at least 4 members (excludes halogenated alkanes) is 1. The SMILES string of the molecule is CCCC[Si](C)(C)C1CCC(c2cc(F)c(C(=O)Nc3cc(F)c(C)c(F)c3)c(F)c2)CC1. The van der Waals surface area contributed by atoms with Crippen LogP contribution in [0.15, 0.2) is 24.3 Å². The molecule has 0 aromatic heterocycles. The van der Waals surface area contributed by atoms with Crippen molar-refractivity contribution >= 4 is 19.7 Å². The molecular weight excluding hydrogens is 446 g/mol. The van der Waals surface area contributed by atoms with Crippen LogP contribution in [0.25, 0.3) is 0 Å². The number of halogens is 4. The second-order valence-corrected chi connectivity index (χ2v) is 15.3. The standard InChI is InChI=1S/C26H33F4NOSi/c1-5-6-11-33(3,4)20-9-7-17(8-10-20)18-12-23(29)25(24(30)13-18)26(32)31-19-14-21(27)16(2)22(28)15-19/h12-15,17,20H,5-11H2,1-4H3,(H,31,32). The van der Waals surface area contributed by atoms with Gasteiger partial charge in [0.05, 0.1) is 8.07 Å². The molecule has 1 aliphatic rings. The van der Waals surface area contributed by atoms with Crippen LogP contribution in [-0.4, -0.2) is 14.0 Å². The zero-order valence-electron chi connectivity index (χ0n) is 19.8. The van der Waals surface area contributed by atoms with Crippen molar-refractivity contribution in [1.29, 1.82) is 0 Å². The summed E-state index contributed by atoms with van der Waals surface area (Å²) >= 11 is 0. The first-order valence-corrected chi connectivity index (χ1v) is 15.1. The minimum absolute atomic E-state index is 0.0682. The van der Waals surface area contributed by atoms with Gasteiger partial charge in [-0.3, -0.25) is 4.79 Å². The molecule has 1 N–H and O–H groups in total. The Labute approximate surface area is 194 Å². The molecule has 0 atom stereocenters. The molecule has 0 bridgehead atoms. The van der Waals surface area contributed by atoms with Gasteiger partial charge in [0, 0.05) is 11.3 Å². The Bertz CT molecular complexity index is 969. The molecule has 2 nitrogen and oxygen atoms in total. The minimum atomic E-state index is -1.30. The molecular formula is C26H33F4NOSi. The average molecular weight is 480 g/mol. The molecule has 0 spiro atoms. The number of hydrogen-bond donors (Lipinski definition) is 1. The monoisotopic (exact) mass is 479 g/mol. The van der Waals surface area contributed by atoms with Crippen LogP contribution in [0.2, 0.25) is 24.7 Å². The maximum absolute atomic E-state index is 14.8. The van der Waals surface area contributed by atoms with E-state index in [4.69, 9.17) is 0 Å². The molecule has 1 saturated carbocycles. The van der Waals surface area contributed by atoms with Gasteiger partial charge in [-0.05, 0) is 61.1 Å². The van der Waals surface area contributed by atoms with Crippen molar-refractivity contribution in [3.8, 4) is 0 Å². The number of hydrogen-bond acceptors (Lipinski definition) is 1. The summed E-state index contributed by atoms with van der Waals surface area (Å²) in [7, 11) is -1.30. The van der Waals surface area contributed by atoms with Gasteiger partial charge in [0.25, 0.3) is 5.91 Å². The molecule has 0 unspecified atom stereocenters. The molecule has 3 rings (SSSR count). The molecule has 7 heteroatoms. The first-order valence-electron chi connectivity index (χ1n) is 11.8. The summed E-state index contributed by atoms with van der Waals surface area (Å²) in [6, 6.07) is 5.63. The Balaban J connectivity index is 1.71. The Morgan fingerprint density at radius 3 is 2.00 bits per heavy atom. The highest BCUT2D eigenvalue weighted by atomic mass is 28.3. The molecule has 0 radical (unpaired) electrons. The van der Waals surface area contributed by atoms with Crippen molar-refractivity contribution in [3.05, 3.63) is 64.2 Å². The number of carbonyl (C=O) groups is 1. The lowest BCUT2D eigenvalue weighted by Crippen LogP contribution is -2.34. The van der Waals surface area contributed by atoms with Crippen molar-refractivity contribution in [3.63, 3.8) is 0 Å². The van der Waals surface area contributed by atoms with Gasteiger partial charge in [-0.1, -0.05) is 51.7 Å². The molecule has 2 aromatic carbocycles. The highest BCUT2D eigenvalue weighted by molar-refractivity contribution is 6.78. The molecule has 1 fully saturated rings. The Hall–Kier alpha value is -2.15. The van der Waals surface area contributed by atoms with Crippen LogP contribution in [0.1, 0.15) is 72.9 Å². The summed E-state index contributed by atoms with van der Waals surface area (Å²) in [4.78, 5) is 12.5. The van der Waals surface area contributed by atoms with Gasteiger partial charge in [-0.25, -0.2) is 17.6 Å². The number of amides is 1. The van der Waals surface area contributed by atoms with E-state index in [1.165, 1.54) is 37.9 Å². The van der Waals surface area contributed by atoms with Crippen LogP contribution in [0, 0.1) is 30.2 Å². The van der Waals surface area contributed by atoms with E-state index in [0.29, 0.717) is 5.56 Å². The van der Waals surface area contributed by atoms with E-state index >= 15 is 0 Å². The zero-order chi connectivity index (χ0) is 24.3. The summed E-state index contributed by atoms with van der Waals surface area (Å²) in [5.74, 6) is -4.63. The lowest BCUT2D eigenvalue weighted by molar-refractivity contribution is 0.101. The number of carbonyl (C=O) groups excluding carboxylic acids is 1. The predicted octanol–water partition coefficient (Wildman–Crippen LogP) is 8.34. The fourth-order valence-electron chi connectivity index (χ4n) is 5.00. The van der Waals surface area contributed by atoms with Gasteiger partial charge < -0.3 is 5.32 Å². The number of benzene rings is 2. The first-order chi connectivity index (χ1) is 15.5. The summed E-state index contributed by atoms with van der Waals surface area (Å²) < 4.78 is 57.1. The lowest BCUT2D eigenvalue weighted by Gasteiger charge is -2.38. The summed E-state index contributed by atoms with van der Waals surface area (Å²) in [6.45, 7) is 8.38. The second kappa shape index (κ2) is 10.4. The van der Waals surface area contributed by atoms with E-state index in [9.17, 15) is 22.4 Å². The van der Waals surface area contributed by atoms with Gasteiger partial charge in [-0.2, -0.15) is 0 Å².